The smallest absolute Gasteiger partial charge is 0.311 e. The quantitative estimate of drug-likeness (QED) is 0.523. The first-order valence-electron chi connectivity index (χ1n) is 8.63. The Kier molecular flexibility index (Phi) is 7.24. The molecular weight excluding hydrogens is 312 g/mol. The predicted molar refractivity (Wildman–Crippen MR) is 87.9 cm³/mol. The Morgan fingerprint density at radius 1 is 1.08 bits per heavy atom. The highest BCUT2D eigenvalue weighted by Crippen LogP contribution is 2.50. The van der Waals surface area contributed by atoms with Crippen molar-refractivity contribution in [2.45, 2.75) is 47.5 Å². The molecule has 1 aliphatic carbocycles. The summed E-state index contributed by atoms with van der Waals surface area (Å²) in [6.45, 7) is 9.42. The highest BCUT2D eigenvalue weighted by Gasteiger charge is 2.53. The van der Waals surface area contributed by atoms with Crippen LogP contribution in [0, 0.1) is 29.1 Å². The van der Waals surface area contributed by atoms with Crippen molar-refractivity contribution in [2.24, 2.45) is 29.1 Å². The van der Waals surface area contributed by atoms with Gasteiger partial charge >= 0.3 is 17.9 Å². The van der Waals surface area contributed by atoms with Gasteiger partial charge in [-0.1, -0.05) is 6.92 Å². The minimum atomic E-state index is -0.824. The zero-order valence-electron chi connectivity index (χ0n) is 15.6. The Morgan fingerprint density at radius 2 is 1.67 bits per heavy atom. The van der Waals surface area contributed by atoms with Gasteiger partial charge in [0, 0.05) is 0 Å². The molecule has 0 unspecified atom stereocenters. The van der Waals surface area contributed by atoms with Gasteiger partial charge in [-0.05, 0) is 52.4 Å². The zero-order valence-corrected chi connectivity index (χ0v) is 15.6. The van der Waals surface area contributed by atoms with E-state index in [2.05, 4.69) is 0 Å². The number of carbonyl (C=O) groups excluding carboxylic acids is 3. The molecule has 0 spiro atoms. The SMILES string of the molecule is CCOC(=O)[C@H]1[C@@H]([C@H](C)C(=O)OCC)CC[C@@H]1C(C)(C)C(=O)OC. The average Bonchev–Trinajstić information content (AvgIpc) is 2.99. The van der Waals surface area contributed by atoms with E-state index in [1.807, 2.05) is 0 Å². The van der Waals surface area contributed by atoms with E-state index in [-0.39, 0.29) is 36.4 Å². The van der Waals surface area contributed by atoms with Crippen molar-refractivity contribution < 1.29 is 28.6 Å². The number of methoxy groups -OCH3 is 1. The van der Waals surface area contributed by atoms with Crippen LogP contribution in [0.3, 0.4) is 0 Å². The molecule has 1 saturated carbocycles. The maximum absolute atomic E-state index is 12.6. The number of hydrogen-bond donors (Lipinski definition) is 0. The first-order valence-corrected chi connectivity index (χ1v) is 8.63. The molecule has 0 bridgehead atoms. The van der Waals surface area contributed by atoms with Crippen LogP contribution in [0.1, 0.15) is 47.5 Å². The Balaban J connectivity index is 3.12. The molecule has 0 heterocycles. The number of esters is 3. The van der Waals surface area contributed by atoms with Gasteiger partial charge < -0.3 is 14.2 Å². The molecule has 0 aromatic heterocycles. The molecule has 1 aliphatic rings. The van der Waals surface area contributed by atoms with Crippen molar-refractivity contribution in [1.82, 2.24) is 0 Å². The van der Waals surface area contributed by atoms with E-state index in [1.54, 1.807) is 34.6 Å². The number of rotatable bonds is 7. The minimum absolute atomic E-state index is 0.197. The summed E-state index contributed by atoms with van der Waals surface area (Å²) in [6, 6.07) is 0. The third-order valence-corrected chi connectivity index (χ3v) is 5.20. The lowest BCUT2D eigenvalue weighted by molar-refractivity contribution is -0.162. The Labute approximate surface area is 144 Å². The van der Waals surface area contributed by atoms with E-state index in [4.69, 9.17) is 14.2 Å². The summed E-state index contributed by atoms with van der Waals surface area (Å²) < 4.78 is 15.3. The molecule has 0 aliphatic heterocycles. The van der Waals surface area contributed by atoms with Gasteiger partial charge in [-0.2, -0.15) is 0 Å². The molecular formula is C18H30O6. The number of hydrogen-bond acceptors (Lipinski definition) is 6. The van der Waals surface area contributed by atoms with Gasteiger partial charge in [-0.3, -0.25) is 14.4 Å². The molecule has 138 valence electrons. The summed E-state index contributed by atoms with van der Waals surface area (Å²) in [6.07, 6.45) is 1.34. The van der Waals surface area contributed by atoms with E-state index in [0.717, 1.165) is 0 Å². The van der Waals surface area contributed by atoms with Crippen LogP contribution in [-0.4, -0.2) is 38.2 Å². The predicted octanol–water partition coefficient (Wildman–Crippen LogP) is 2.59. The largest absolute Gasteiger partial charge is 0.469 e. The van der Waals surface area contributed by atoms with Crippen molar-refractivity contribution in [1.29, 1.82) is 0 Å². The number of ether oxygens (including phenoxy) is 3. The van der Waals surface area contributed by atoms with Gasteiger partial charge in [0.2, 0.25) is 0 Å². The molecule has 0 saturated heterocycles. The van der Waals surface area contributed by atoms with Crippen molar-refractivity contribution in [3.05, 3.63) is 0 Å². The first-order chi connectivity index (χ1) is 11.2. The summed E-state index contributed by atoms with van der Waals surface area (Å²) in [7, 11) is 1.34. The van der Waals surface area contributed by atoms with Gasteiger partial charge in [0.1, 0.15) is 0 Å². The maximum Gasteiger partial charge on any atom is 0.311 e. The third kappa shape index (κ3) is 4.08. The summed E-state index contributed by atoms with van der Waals surface area (Å²) in [4.78, 5) is 36.9. The molecule has 1 fully saturated rings. The molecule has 0 amide bonds. The van der Waals surface area contributed by atoms with Crippen LogP contribution < -0.4 is 0 Å². The number of carbonyl (C=O) groups is 3. The molecule has 0 radical (unpaired) electrons. The lowest BCUT2D eigenvalue weighted by Gasteiger charge is -2.34. The van der Waals surface area contributed by atoms with Crippen molar-refractivity contribution >= 4 is 17.9 Å². The summed E-state index contributed by atoms with van der Waals surface area (Å²) in [5, 5.41) is 0. The van der Waals surface area contributed by atoms with Crippen LogP contribution in [0.2, 0.25) is 0 Å². The van der Waals surface area contributed by atoms with Crippen LogP contribution in [-0.2, 0) is 28.6 Å². The lowest BCUT2D eigenvalue weighted by Crippen LogP contribution is -2.42. The Hall–Kier alpha value is -1.59. The van der Waals surface area contributed by atoms with E-state index in [0.29, 0.717) is 19.4 Å². The molecule has 24 heavy (non-hydrogen) atoms. The topological polar surface area (TPSA) is 78.9 Å². The molecule has 0 N–H and O–H groups in total. The van der Waals surface area contributed by atoms with Gasteiger partial charge in [0.15, 0.2) is 0 Å². The summed E-state index contributed by atoms with van der Waals surface area (Å²) >= 11 is 0. The fraction of sp³-hybridized carbons (Fsp3) is 0.833. The fourth-order valence-corrected chi connectivity index (χ4v) is 3.84. The molecule has 4 atom stereocenters. The van der Waals surface area contributed by atoms with Crippen LogP contribution >= 0.6 is 0 Å². The summed E-state index contributed by atoms with van der Waals surface area (Å²) in [5.74, 6) is -2.38. The van der Waals surface area contributed by atoms with Crippen LogP contribution in [0.4, 0.5) is 0 Å². The minimum Gasteiger partial charge on any atom is -0.469 e. The van der Waals surface area contributed by atoms with Gasteiger partial charge in [0.25, 0.3) is 0 Å². The molecule has 0 aromatic carbocycles. The molecule has 0 aromatic rings. The van der Waals surface area contributed by atoms with Crippen LogP contribution in [0.25, 0.3) is 0 Å². The molecule has 1 rings (SSSR count). The third-order valence-electron chi connectivity index (χ3n) is 5.20. The Bertz CT molecular complexity index is 470. The first kappa shape index (κ1) is 20.5. The monoisotopic (exact) mass is 342 g/mol. The second-order valence-corrected chi connectivity index (χ2v) is 6.88. The van der Waals surface area contributed by atoms with Crippen molar-refractivity contribution in [3.8, 4) is 0 Å². The second kappa shape index (κ2) is 8.49. The standard InChI is InChI=1S/C18H30O6/c1-7-23-15(19)11(3)12-9-10-13(14(12)16(20)24-8-2)18(4,5)17(21)22-6/h11-14H,7-10H2,1-6H3/t11-,12+,13-,14-/m0/s1. The fourth-order valence-electron chi connectivity index (χ4n) is 3.84. The van der Waals surface area contributed by atoms with Gasteiger partial charge in [-0.25, -0.2) is 0 Å². The van der Waals surface area contributed by atoms with Gasteiger partial charge in [-0.15, -0.1) is 0 Å². The second-order valence-electron chi connectivity index (χ2n) is 6.88. The lowest BCUT2D eigenvalue weighted by atomic mass is 9.70. The van der Waals surface area contributed by atoms with E-state index in [1.165, 1.54) is 7.11 Å². The van der Waals surface area contributed by atoms with Crippen LogP contribution in [0.15, 0.2) is 0 Å². The zero-order chi connectivity index (χ0) is 18.5. The highest BCUT2D eigenvalue weighted by atomic mass is 16.5. The van der Waals surface area contributed by atoms with E-state index >= 15 is 0 Å². The molecule has 6 heteroatoms. The summed E-state index contributed by atoms with van der Waals surface area (Å²) in [5.41, 5.74) is -0.824. The maximum atomic E-state index is 12.6. The van der Waals surface area contributed by atoms with E-state index in [9.17, 15) is 14.4 Å². The normalized spacial score (nSPS) is 25.0. The van der Waals surface area contributed by atoms with Gasteiger partial charge in [0.05, 0.1) is 37.6 Å². The van der Waals surface area contributed by atoms with Crippen molar-refractivity contribution in [2.75, 3.05) is 20.3 Å². The highest BCUT2D eigenvalue weighted by molar-refractivity contribution is 5.81. The Morgan fingerprint density at radius 3 is 2.17 bits per heavy atom. The molecule has 6 nitrogen and oxygen atoms in total. The average molecular weight is 342 g/mol. The van der Waals surface area contributed by atoms with Crippen molar-refractivity contribution in [3.63, 3.8) is 0 Å². The van der Waals surface area contributed by atoms with E-state index < -0.39 is 17.3 Å². The van der Waals surface area contributed by atoms with Crippen LogP contribution in [0.5, 0.6) is 0 Å².